The van der Waals surface area contributed by atoms with Gasteiger partial charge in [0.25, 0.3) is 0 Å². The minimum absolute atomic E-state index is 0.125. The summed E-state index contributed by atoms with van der Waals surface area (Å²) in [4.78, 5) is 11.9. The van der Waals surface area contributed by atoms with E-state index < -0.39 is 0 Å². The van der Waals surface area contributed by atoms with Crippen LogP contribution in [0.2, 0.25) is 5.02 Å². The molecule has 1 aromatic carbocycles. The molecular formula is C14H19ClN2O. The number of hydrogen-bond acceptors (Lipinski definition) is 1. The third-order valence-corrected chi connectivity index (χ3v) is 3.20. The molecule has 0 heterocycles. The van der Waals surface area contributed by atoms with E-state index in [1.807, 2.05) is 45.0 Å². The van der Waals surface area contributed by atoms with Crippen LogP contribution in [0.25, 0.3) is 0 Å². The van der Waals surface area contributed by atoms with Crippen LogP contribution in [0.15, 0.2) is 24.3 Å². The lowest BCUT2D eigenvalue weighted by Crippen LogP contribution is -2.49. The van der Waals surface area contributed by atoms with Crippen molar-refractivity contribution in [1.82, 2.24) is 10.6 Å². The van der Waals surface area contributed by atoms with Gasteiger partial charge in [-0.3, -0.25) is 0 Å². The number of rotatable bonds is 2. The molecule has 98 valence electrons. The zero-order valence-electron chi connectivity index (χ0n) is 11.0. The van der Waals surface area contributed by atoms with E-state index in [4.69, 9.17) is 11.6 Å². The molecule has 1 aliphatic rings. The number of amides is 2. The van der Waals surface area contributed by atoms with Gasteiger partial charge in [0.15, 0.2) is 0 Å². The predicted octanol–water partition coefficient (Wildman–Crippen LogP) is 3.43. The largest absolute Gasteiger partial charge is 0.334 e. The molecule has 0 bridgehead atoms. The summed E-state index contributed by atoms with van der Waals surface area (Å²) in [5, 5.41) is 6.68. The van der Waals surface area contributed by atoms with Crippen molar-refractivity contribution >= 4 is 17.6 Å². The van der Waals surface area contributed by atoms with Crippen molar-refractivity contribution in [3.05, 3.63) is 34.9 Å². The third kappa shape index (κ3) is 3.16. The predicted molar refractivity (Wildman–Crippen MR) is 73.8 cm³/mol. The number of hydrogen-bond donors (Lipinski definition) is 2. The van der Waals surface area contributed by atoms with Gasteiger partial charge in [-0.25, -0.2) is 4.79 Å². The highest BCUT2D eigenvalue weighted by molar-refractivity contribution is 6.30. The second-order valence-corrected chi connectivity index (χ2v) is 6.36. The van der Waals surface area contributed by atoms with Gasteiger partial charge in [0, 0.05) is 10.6 Å². The lowest BCUT2D eigenvalue weighted by Gasteiger charge is -2.24. The van der Waals surface area contributed by atoms with Crippen molar-refractivity contribution in [2.45, 2.75) is 44.7 Å². The summed E-state index contributed by atoms with van der Waals surface area (Å²) in [5.74, 6) is 0. The van der Waals surface area contributed by atoms with E-state index in [0.717, 1.165) is 18.4 Å². The second-order valence-electron chi connectivity index (χ2n) is 5.92. The van der Waals surface area contributed by atoms with E-state index >= 15 is 0 Å². The zero-order valence-corrected chi connectivity index (χ0v) is 11.8. The first-order chi connectivity index (χ1) is 8.31. The maximum absolute atomic E-state index is 11.9. The molecule has 0 unspecified atom stereocenters. The fraction of sp³-hybridized carbons (Fsp3) is 0.500. The van der Waals surface area contributed by atoms with E-state index in [0.29, 0.717) is 5.02 Å². The lowest BCUT2D eigenvalue weighted by atomic mass is 10.1. The van der Waals surface area contributed by atoms with Gasteiger partial charge in [-0.05, 0) is 51.3 Å². The minimum atomic E-state index is -0.228. The molecule has 1 saturated carbocycles. The van der Waals surface area contributed by atoms with Crippen LogP contribution >= 0.6 is 11.6 Å². The van der Waals surface area contributed by atoms with Crippen molar-refractivity contribution in [2.75, 3.05) is 0 Å². The Bertz CT molecular complexity index is 461. The fourth-order valence-corrected chi connectivity index (χ4v) is 2.18. The highest BCUT2D eigenvalue weighted by Gasteiger charge is 2.46. The molecule has 18 heavy (non-hydrogen) atoms. The summed E-state index contributed by atoms with van der Waals surface area (Å²) < 4.78 is 0. The summed E-state index contributed by atoms with van der Waals surface area (Å²) >= 11 is 5.99. The monoisotopic (exact) mass is 266 g/mol. The standard InChI is InChI=1S/C14H19ClN2O/c1-13(2,3)16-12(18)17-14(7-8-14)10-5-4-6-11(15)9-10/h4-6,9H,7-8H2,1-3H3,(H2,16,17,18). The molecule has 1 aromatic rings. The molecule has 0 aromatic heterocycles. The van der Waals surface area contributed by atoms with Crippen LogP contribution in [0.3, 0.4) is 0 Å². The summed E-state index contributed by atoms with van der Waals surface area (Å²) in [5.41, 5.74) is 0.633. The van der Waals surface area contributed by atoms with E-state index in [2.05, 4.69) is 10.6 Å². The number of benzene rings is 1. The molecule has 0 atom stereocenters. The van der Waals surface area contributed by atoms with Gasteiger partial charge in [-0.1, -0.05) is 23.7 Å². The van der Waals surface area contributed by atoms with Gasteiger partial charge in [-0.15, -0.1) is 0 Å². The molecule has 0 aliphatic heterocycles. The molecule has 1 fully saturated rings. The van der Waals surface area contributed by atoms with E-state index in [1.54, 1.807) is 0 Å². The zero-order chi connectivity index (χ0) is 13.4. The molecule has 2 N–H and O–H groups in total. The van der Waals surface area contributed by atoms with Crippen LogP contribution < -0.4 is 10.6 Å². The van der Waals surface area contributed by atoms with E-state index in [9.17, 15) is 4.79 Å². The smallest absolute Gasteiger partial charge is 0.315 e. The molecule has 2 rings (SSSR count). The number of nitrogens with one attached hydrogen (secondary N) is 2. The van der Waals surface area contributed by atoms with Gasteiger partial charge in [0.1, 0.15) is 0 Å². The third-order valence-electron chi connectivity index (χ3n) is 2.97. The number of urea groups is 1. The fourth-order valence-electron chi connectivity index (χ4n) is 1.99. The molecule has 0 saturated heterocycles. The van der Waals surface area contributed by atoms with Crippen molar-refractivity contribution in [1.29, 1.82) is 0 Å². The van der Waals surface area contributed by atoms with Gasteiger partial charge >= 0.3 is 6.03 Å². The van der Waals surface area contributed by atoms with Crippen LogP contribution in [-0.4, -0.2) is 11.6 Å². The Morgan fingerprint density at radius 1 is 1.33 bits per heavy atom. The quantitative estimate of drug-likeness (QED) is 0.846. The van der Waals surface area contributed by atoms with Gasteiger partial charge in [-0.2, -0.15) is 0 Å². The topological polar surface area (TPSA) is 41.1 Å². The minimum Gasteiger partial charge on any atom is -0.334 e. The van der Waals surface area contributed by atoms with Crippen LogP contribution in [-0.2, 0) is 5.54 Å². The Balaban J connectivity index is 2.07. The van der Waals surface area contributed by atoms with Crippen LogP contribution in [0.4, 0.5) is 4.79 Å². The first-order valence-electron chi connectivity index (χ1n) is 6.17. The van der Waals surface area contributed by atoms with Gasteiger partial charge in [0.2, 0.25) is 0 Å². The van der Waals surface area contributed by atoms with Crippen LogP contribution in [0.5, 0.6) is 0 Å². The second kappa shape index (κ2) is 4.47. The first kappa shape index (κ1) is 13.2. The van der Waals surface area contributed by atoms with Crippen LogP contribution in [0, 0.1) is 0 Å². The molecule has 3 nitrogen and oxygen atoms in total. The maximum atomic E-state index is 11.9. The Labute approximate surface area is 113 Å². The molecule has 1 aliphatic carbocycles. The lowest BCUT2D eigenvalue weighted by molar-refractivity contribution is 0.227. The Morgan fingerprint density at radius 3 is 2.50 bits per heavy atom. The Morgan fingerprint density at radius 2 is 2.00 bits per heavy atom. The highest BCUT2D eigenvalue weighted by Crippen LogP contribution is 2.45. The maximum Gasteiger partial charge on any atom is 0.315 e. The van der Waals surface area contributed by atoms with Gasteiger partial charge in [0.05, 0.1) is 5.54 Å². The SMILES string of the molecule is CC(C)(C)NC(=O)NC1(c2cccc(Cl)c2)CC1. The molecule has 0 spiro atoms. The number of carbonyl (C=O) groups excluding carboxylic acids is 1. The summed E-state index contributed by atoms with van der Waals surface area (Å²) in [6.07, 6.45) is 1.93. The summed E-state index contributed by atoms with van der Waals surface area (Å²) in [6, 6.07) is 7.57. The van der Waals surface area contributed by atoms with Crippen molar-refractivity contribution in [2.24, 2.45) is 0 Å². The van der Waals surface area contributed by atoms with Crippen LogP contribution in [0.1, 0.15) is 39.2 Å². The molecule has 4 heteroatoms. The number of carbonyl (C=O) groups is 1. The average Bonchev–Trinajstić information content (AvgIpc) is 2.95. The van der Waals surface area contributed by atoms with Crippen molar-refractivity contribution in [3.63, 3.8) is 0 Å². The molecule has 0 radical (unpaired) electrons. The van der Waals surface area contributed by atoms with Crippen molar-refractivity contribution in [3.8, 4) is 0 Å². The molecule has 2 amide bonds. The van der Waals surface area contributed by atoms with Crippen molar-refractivity contribution < 1.29 is 4.79 Å². The normalized spacial score (nSPS) is 17.1. The summed E-state index contributed by atoms with van der Waals surface area (Å²) in [7, 11) is 0. The Kier molecular flexibility index (Phi) is 3.28. The average molecular weight is 267 g/mol. The number of halogens is 1. The first-order valence-corrected chi connectivity index (χ1v) is 6.55. The van der Waals surface area contributed by atoms with E-state index in [1.165, 1.54) is 0 Å². The highest BCUT2D eigenvalue weighted by atomic mass is 35.5. The molecular weight excluding hydrogens is 248 g/mol. The van der Waals surface area contributed by atoms with E-state index in [-0.39, 0.29) is 17.1 Å². The Hall–Kier alpha value is -1.22. The summed E-state index contributed by atoms with van der Waals surface area (Å²) in [6.45, 7) is 5.89. The van der Waals surface area contributed by atoms with Gasteiger partial charge < -0.3 is 10.6 Å².